The molecule has 1 fully saturated rings. The molecule has 0 aromatic heterocycles. The fourth-order valence-corrected chi connectivity index (χ4v) is 5.19. The van der Waals surface area contributed by atoms with E-state index in [9.17, 15) is 4.79 Å². The normalized spacial score (nSPS) is 27.6. The molecule has 0 amide bonds. The molecule has 1 aromatic rings. The number of benzene rings is 1. The van der Waals surface area contributed by atoms with E-state index < -0.39 is 7.53 Å². The van der Waals surface area contributed by atoms with Gasteiger partial charge in [0.05, 0.1) is 31.9 Å². The zero-order chi connectivity index (χ0) is 18.2. The van der Waals surface area contributed by atoms with Gasteiger partial charge in [-0.2, -0.15) is 0 Å². The molecule has 1 aliphatic rings. The molecule has 0 saturated carbocycles. The van der Waals surface area contributed by atoms with E-state index in [-0.39, 0.29) is 30.3 Å². The smallest absolute Gasteiger partial charge is 0.122 e. The number of ether oxygens (including phenoxy) is 2. The largest absolute Gasteiger partial charge is 0.378 e. The molecule has 0 radical (unpaired) electrons. The number of hydrogen-bond acceptors (Lipinski definition) is 4. The number of hydrogen-bond donors (Lipinski definition) is 0. The zero-order valence-corrected chi connectivity index (χ0v) is 18.1. The van der Waals surface area contributed by atoms with Crippen LogP contribution < -0.4 is 0 Å². The van der Waals surface area contributed by atoms with Crippen LogP contribution in [-0.2, 0) is 25.2 Å². The van der Waals surface area contributed by atoms with Crippen molar-refractivity contribution < 1.29 is 18.8 Å². The highest BCUT2D eigenvalue weighted by Crippen LogP contribution is 2.55. The molecule has 140 valence electrons. The third kappa shape index (κ3) is 6.31. The second-order valence-corrected chi connectivity index (χ2v) is 12.2. The van der Waals surface area contributed by atoms with Gasteiger partial charge in [0.2, 0.25) is 0 Å². The predicted molar refractivity (Wildman–Crippen MR) is 110 cm³/mol. The van der Waals surface area contributed by atoms with Crippen LogP contribution in [0.25, 0.3) is 0 Å². The zero-order valence-electron chi connectivity index (χ0n) is 14.9. The van der Waals surface area contributed by atoms with Gasteiger partial charge < -0.3 is 18.8 Å². The van der Waals surface area contributed by atoms with Crippen LogP contribution >= 0.6 is 25.4 Å². The van der Waals surface area contributed by atoms with Gasteiger partial charge in [0.15, 0.2) is 0 Å². The van der Waals surface area contributed by atoms with Crippen molar-refractivity contribution in [2.24, 2.45) is 5.92 Å². The van der Waals surface area contributed by atoms with Crippen LogP contribution in [-0.4, -0.2) is 37.8 Å². The first-order valence-corrected chi connectivity index (χ1v) is 13.2. The van der Waals surface area contributed by atoms with Gasteiger partial charge in [-0.15, -0.1) is 0 Å². The molecule has 0 spiro atoms. The van der Waals surface area contributed by atoms with Crippen LogP contribution in [0.3, 0.4) is 0 Å². The minimum atomic E-state index is -0.572. The summed E-state index contributed by atoms with van der Waals surface area (Å²) in [5.74, 6) is 0.175. The van der Waals surface area contributed by atoms with Gasteiger partial charge in [0.25, 0.3) is 0 Å². The summed E-state index contributed by atoms with van der Waals surface area (Å²) >= 11 is 0. The summed E-state index contributed by atoms with van der Waals surface area (Å²) in [5, 5.41) is 0. The van der Waals surface area contributed by atoms with Crippen LogP contribution in [0.1, 0.15) is 31.7 Å². The minimum absolute atomic E-state index is 0.0250. The third-order valence-electron chi connectivity index (χ3n) is 4.75. The molecule has 0 N–H and O–H groups in total. The van der Waals surface area contributed by atoms with E-state index in [4.69, 9.17) is 14.0 Å². The van der Waals surface area contributed by atoms with Crippen molar-refractivity contribution in [1.29, 1.82) is 0 Å². The van der Waals surface area contributed by atoms with Crippen molar-refractivity contribution in [3.05, 3.63) is 35.9 Å². The van der Waals surface area contributed by atoms with Crippen molar-refractivity contribution in [3.63, 3.8) is 0 Å². The molecule has 0 bridgehead atoms. The summed E-state index contributed by atoms with van der Waals surface area (Å²) < 4.78 is 18.1. The molecule has 1 aromatic carbocycles. The second kappa shape index (κ2) is 11.0. The Kier molecular flexibility index (Phi) is 9.42. The number of carbonyl (C=O) groups is 1. The molecule has 7 atom stereocenters. The quantitative estimate of drug-likeness (QED) is 0.431. The molecular weight excluding hydrogens is 373 g/mol. The van der Waals surface area contributed by atoms with E-state index in [2.05, 4.69) is 36.9 Å². The second-order valence-electron chi connectivity index (χ2n) is 6.40. The molecule has 2 rings (SSSR count). The molecule has 1 aliphatic heterocycles. The topological polar surface area (TPSA) is 44.8 Å². The Morgan fingerprint density at radius 3 is 2.56 bits per heavy atom. The molecule has 0 aliphatic carbocycles. The number of carbonyl (C=O) groups excluding carboxylic acids is 1. The third-order valence-corrected chi connectivity index (χ3v) is 6.02. The summed E-state index contributed by atoms with van der Waals surface area (Å²) in [6.45, 7) is 2.12. The van der Waals surface area contributed by atoms with Crippen molar-refractivity contribution in [3.8, 4) is 0 Å². The highest BCUT2D eigenvalue weighted by molar-refractivity contribution is 8.41. The Labute approximate surface area is 156 Å². The van der Waals surface area contributed by atoms with Crippen molar-refractivity contribution in [2.45, 2.75) is 57.0 Å². The number of aldehydes is 1. The van der Waals surface area contributed by atoms with Gasteiger partial charge in [0, 0.05) is 25.9 Å². The predicted octanol–water partition coefficient (Wildman–Crippen LogP) is 4.38. The first-order valence-electron chi connectivity index (χ1n) is 8.71. The Morgan fingerprint density at radius 2 is 2.00 bits per heavy atom. The SMILES string of the molecule is CC[C@H](C[C@H]1O[C@@H](CC=O)[C@H](Cc2ccccc2)[C@H]1OC)OP(P)P. The molecule has 2 unspecified atom stereocenters. The lowest BCUT2D eigenvalue weighted by atomic mass is 9.87. The van der Waals surface area contributed by atoms with Gasteiger partial charge in [-0.25, -0.2) is 0 Å². The highest BCUT2D eigenvalue weighted by Gasteiger charge is 2.45. The van der Waals surface area contributed by atoms with Crippen molar-refractivity contribution in [2.75, 3.05) is 7.11 Å². The Balaban J connectivity index is 2.11. The van der Waals surface area contributed by atoms with E-state index >= 15 is 0 Å². The average Bonchev–Trinajstić information content (AvgIpc) is 2.91. The summed E-state index contributed by atoms with van der Waals surface area (Å²) in [5.41, 5.74) is 1.25. The molecule has 7 heteroatoms. The van der Waals surface area contributed by atoms with Gasteiger partial charge >= 0.3 is 0 Å². The van der Waals surface area contributed by atoms with Crippen LogP contribution in [0.5, 0.6) is 0 Å². The maximum atomic E-state index is 11.1. The molecule has 1 saturated heterocycles. The fraction of sp³-hybridized carbons (Fsp3) is 0.611. The van der Waals surface area contributed by atoms with E-state index in [0.29, 0.717) is 6.42 Å². The van der Waals surface area contributed by atoms with Gasteiger partial charge in [-0.1, -0.05) is 55.1 Å². The summed E-state index contributed by atoms with van der Waals surface area (Å²) in [4.78, 5) is 11.1. The lowest BCUT2D eigenvalue weighted by molar-refractivity contribution is -0.110. The maximum Gasteiger partial charge on any atom is 0.122 e. The number of methoxy groups -OCH3 is 1. The monoisotopic (exact) mass is 402 g/mol. The Morgan fingerprint density at radius 1 is 1.28 bits per heavy atom. The standard InChI is InChI=1S/C18H29O4P3/c1-3-14(22-25(23)24)12-17-18(20-2)15(16(21-17)9-10-19)11-13-7-5-4-6-8-13/h4-8,10,14-18H,3,9,11-12,23-24H2,1-2H3/t14-,15+,16+,17-,18-/m1/s1. The molecule has 4 nitrogen and oxygen atoms in total. The van der Waals surface area contributed by atoms with Gasteiger partial charge in [0.1, 0.15) is 6.29 Å². The van der Waals surface area contributed by atoms with E-state index in [0.717, 1.165) is 25.5 Å². The highest BCUT2D eigenvalue weighted by atomic mass is 32.4. The number of rotatable bonds is 10. The van der Waals surface area contributed by atoms with Crippen molar-refractivity contribution >= 4 is 31.7 Å². The van der Waals surface area contributed by atoms with Gasteiger partial charge in [-0.05, 0) is 18.4 Å². The van der Waals surface area contributed by atoms with Crippen LogP contribution in [0, 0.1) is 5.92 Å². The summed E-state index contributed by atoms with van der Waals surface area (Å²) in [6, 6.07) is 10.3. The van der Waals surface area contributed by atoms with E-state index in [1.165, 1.54) is 5.56 Å². The van der Waals surface area contributed by atoms with Crippen LogP contribution in [0.2, 0.25) is 0 Å². The average molecular weight is 402 g/mol. The molecular formula is C18H29O4P3. The minimum Gasteiger partial charge on any atom is -0.378 e. The fourth-order valence-electron chi connectivity index (χ4n) is 3.58. The molecule has 1 heterocycles. The van der Waals surface area contributed by atoms with E-state index in [1.807, 2.05) is 18.2 Å². The Bertz CT molecular complexity index is 514. The first-order chi connectivity index (χ1) is 12.1. The molecule has 25 heavy (non-hydrogen) atoms. The summed E-state index contributed by atoms with van der Waals surface area (Å²) in [7, 11) is 6.57. The van der Waals surface area contributed by atoms with E-state index in [1.54, 1.807) is 7.11 Å². The Hall–Kier alpha value is 0.0600. The van der Waals surface area contributed by atoms with Crippen LogP contribution in [0.15, 0.2) is 30.3 Å². The lowest BCUT2D eigenvalue weighted by Gasteiger charge is -2.26. The van der Waals surface area contributed by atoms with Crippen LogP contribution in [0.4, 0.5) is 0 Å². The first kappa shape index (κ1) is 21.4. The lowest BCUT2D eigenvalue weighted by Crippen LogP contribution is -2.33. The summed E-state index contributed by atoms with van der Waals surface area (Å²) in [6.07, 6.45) is 3.90. The van der Waals surface area contributed by atoms with Gasteiger partial charge in [-0.3, -0.25) is 0 Å². The maximum absolute atomic E-state index is 11.1. The van der Waals surface area contributed by atoms with Crippen molar-refractivity contribution in [1.82, 2.24) is 0 Å².